The summed E-state index contributed by atoms with van der Waals surface area (Å²) in [6.45, 7) is 7.65. The van der Waals surface area contributed by atoms with Crippen LogP contribution in [0.15, 0.2) is 85.1 Å². The summed E-state index contributed by atoms with van der Waals surface area (Å²) in [4.78, 5) is 25.5. The average molecular weight is 920 g/mol. The first kappa shape index (κ1) is 63.1. The fourth-order valence-corrected chi connectivity index (χ4v) is 7.70. The SMILES string of the molecule is CC/C=C\C/C=C\C/C=C\C/C=C\C/C=C\CCCCCCOCC(COC(=O)CCCCCCC/C=C\CCCCCCCC)OC(=O)CCCCCCC/C=C\CCCCCCCC. The molecule has 0 spiro atoms. The third kappa shape index (κ3) is 53.7. The molecule has 0 N–H and O–H groups in total. The molecule has 0 aliphatic heterocycles. The lowest BCUT2D eigenvalue weighted by Crippen LogP contribution is -2.30. The summed E-state index contributed by atoms with van der Waals surface area (Å²) in [6, 6.07) is 0. The Hall–Kier alpha value is -2.92. The van der Waals surface area contributed by atoms with Crippen LogP contribution in [0.4, 0.5) is 0 Å². The van der Waals surface area contributed by atoms with Crippen LogP contribution in [0.3, 0.4) is 0 Å². The molecule has 0 saturated heterocycles. The molecule has 0 rings (SSSR count). The standard InChI is InChI=1S/C61H106O5/c1-4-7-10-13-16-19-22-25-28-29-30-31-32-35-38-41-44-47-50-53-56-64-57-59(66-61(63)55-52-49-46-43-40-37-34-27-24-21-18-15-12-9-6-3)58-65-60(62)54-51-48-45-42-39-36-33-26-23-20-17-14-11-8-5-2/h7,10,16,19,25-28,30-31,33-35,38,59H,4-6,8-9,11-15,17-18,20-24,29,32,36-37,39-58H2,1-3H3/b10-7-,19-16-,28-25-,31-30-,33-26-,34-27-,38-35-. The molecule has 0 aliphatic carbocycles. The third-order valence-corrected chi connectivity index (χ3v) is 11.9. The molecule has 0 aromatic carbocycles. The van der Waals surface area contributed by atoms with Crippen molar-refractivity contribution >= 4 is 11.9 Å². The molecule has 66 heavy (non-hydrogen) atoms. The van der Waals surface area contributed by atoms with Gasteiger partial charge in [-0.2, -0.15) is 0 Å². The summed E-state index contributed by atoms with van der Waals surface area (Å²) in [7, 11) is 0. The van der Waals surface area contributed by atoms with Crippen LogP contribution in [-0.4, -0.2) is 37.9 Å². The molecule has 0 amide bonds. The lowest BCUT2D eigenvalue weighted by Gasteiger charge is -2.18. The van der Waals surface area contributed by atoms with E-state index in [4.69, 9.17) is 14.2 Å². The first-order valence-electron chi connectivity index (χ1n) is 28.1. The van der Waals surface area contributed by atoms with Gasteiger partial charge in [-0.25, -0.2) is 0 Å². The fraction of sp³-hybridized carbons (Fsp3) is 0.738. The Morgan fingerprint density at radius 2 is 0.682 bits per heavy atom. The van der Waals surface area contributed by atoms with Crippen molar-refractivity contribution in [2.45, 2.75) is 271 Å². The summed E-state index contributed by atoms with van der Waals surface area (Å²) in [5.41, 5.74) is 0. The van der Waals surface area contributed by atoms with Crippen LogP contribution < -0.4 is 0 Å². The predicted octanol–water partition coefficient (Wildman–Crippen LogP) is 19.2. The highest BCUT2D eigenvalue weighted by Crippen LogP contribution is 2.14. The summed E-state index contributed by atoms with van der Waals surface area (Å²) in [5, 5.41) is 0. The van der Waals surface area contributed by atoms with Gasteiger partial charge in [-0.05, 0) is 116 Å². The molecular formula is C61H106O5. The molecule has 0 aliphatic rings. The molecule has 0 saturated carbocycles. The van der Waals surface area contributed by atoms with Gasteiger partial charge >= 0.3 is 11.9 Å². The Morgan fingerprint density at radius 3 is 1.11 bits per heavy atom. The van der Waals surface area contributed by atoms with Crippen LogP contribution in [0.2, 0.25) is 0 Å². The minimum absolute atomic E-state index is 0.0648. The molecule has 5 nitrogen and oxygen atoms in total. The third-order valence-electron chi connectivity index (χ3n) is 11.9. The number of hydrogen-bond donors (Lipinski definition) is 0. The second-order valence-corrected chi connectivity index (χ2v) is 18.4. The Balaban J connectivity index is 4.35. The van der Waals surface area contributed by atoms with Crippen molar-refractivity contribution in [3.63, 3.8) is 0 Å². The number of allylic oxidation sites excluding steroid dienone is 14. The Morgan fingerprint density at radius 1 is 0.348 bits per heavy atom. The number of rotatable bonds is 51. The highest BCUT2D eigenvalue weighted by molar-refractivity contribution is 5.70. The zero-order valence-corrected chi connectivity index (χ0v) is 43.7. The molecule has 0 radical (unpaired) electrons. The van der Waals surface area contributed by atoms with E-state index >= 15 is 0 Å². The molecule has 1 atom stereocenters. The van der Waals surface area contributed by atoms with Gasteiger partial charge in [0.15, 0.2) is 6.10 Å². The topological polar surface area (TPSA) is 61.8 Å². The minimum atomic E-state index is -0.561. The van der Waals surface area contributed by atoms with E-state index in [9.17, 15) is 9.59 Å². The van der Waals surface area contributed by atoms with Crippen LogP contribution >= 0.6 is 0 Å². The summed E-state index contributed by atoms with van der Waals surface area (Å²) in [6.07, 6.45) is 74.5. The van der Waals surface area contributed by atoms with Gasteiger partial charge in [0, 0.05) is 19.4 Å². The van der Waals surface area contributed by atoms with Crippen molar-refractivity contribution in [3.8, 4) is 0 Å². The number of carbonyl (C=O) groups is 2. The van der Waals surface area contributed by atoms with Gasteiger partial charge in [0.1, 0.15) is 6.61 Å². The largest absolute Gasteiger partial charge is 0.462 e. The Bertz CT molecular complexity index is 1220. The second-order valence-electron chi connectivity index (χ2n) is 18.4. The van der Waals surface area contributed by atoms with Crippen molar-refractivity contribution in [3.05, 3.63) is 85.1 Å². The van der Waals surface area contributed by atoms with Gasteiger partial charge in [-0.15, -0.1) is 0 Å². The summed E-state index contributed by atoms with van der Waals surface area (Å²) < 4.78 is 17.4. The van der Waals surface area contributed by atoms with Gasteiger partial charge in [0.2, 0.25) is 0 Å². The molecule has 0 fully saturated rings. The zero-order valence-electron chi connectivity index (χ0n) is 43.7. The highest BCUT2D eigenvalue weighted by Gasteiger charge is 2.17. The maximum absolute atomic E-state index is 12.8. The van der Waals surface area contributed by atoms with Gasteiger partial charge in [-0.1, -0.05) is 221 Å². The minimum Gasteiger partial charge on any atom is -0.462 e. The van der Waals surface area contributed by atoms with Crippen LogP contribution in [0, 0.1) is 0 Å². The van der Waals surface area contributed by atoms with Crippen LogP contribution in [0.1, 0.15) is 265 Å². The maximum atomic E-state index is 12.8. The van der Waals surface area contributed by atoms with Crippen LogP contribution in [0.25, 0.3) is 0 Å². The van der Waals surface area contributed by atoms with Crippen molar-refractivity contribution in [1.82, 2.24) is 0 Å². The van der Waals surface area contributed by atoms with E-state index in [1.165, 1.54) is 128 Å². The molecule has 0 heterocycles. The van der Waals surface area contributed by atoms with E-state index in [0.717, 1.165) is 103 Å². The number of unbranched alkanes of at least 4 members (excludes halogenated alkanes) is 26. The maximum Gasteiger partial charge on any atom is 0.306 e. The van der Waals surface area contributed by atoms with Gasteiger partial charge in [0.25, 0.3) is 0 Å². The molecule has 0 aromatic heterocycles. The summed E-state index contributed by atoms with van der Waals surface area (Å²) in [5.74, 6) is -0.428. The molecule has 0 bridgehead atoms. The van der Waals surface area contributed by atoms with E-state index in [2.05, 4.69) is 106 Å². The van der Waals surface area contributed by atoms with Crippen molar-refractivity contribution in [2.24, 2.45) is 0 Å². The van der Waals surface area contributed by atoms with E-state index < -0.39 is 6.10 Å². The molecular weight excluding hydrogens is 813 g/mol. The quantitative estimate of drug-likeness (QED) is 0.0346. The monoisotopic (exact) mass is 919 g/mol. The number of esters is 2. The van der Waals surface area contributed by atoms with Crippen molar-refractivity contribution < 1.29 is 23.8 Å². The van der Waals surface area contributed by atoms with E-state index in [-0.39, 0.29) is 25.2 Å². The molecule has 1 unspecified atom stereocenters. The lowest BCUT2D eigenvalue weighted by molar-refractivity contribution is -0.163. The van der Waals surface area contributed by atoms with Gasteiger partial charge < -0.3 is 14.2 Å². The van der Waals surface area contributed by atoms with Gasteiger partial charge in [0.05, 0.1) is 6.61 Å². The Kier molecular flexibility index (Phi) is 53.9. The molecule has 0 aromatic rings. The number of carbonyl (C=O) groups excluding carboxylic acids is 2. The normalized spacial score (nSPS) is 12.8. The Labute approximate surface area is 409 Å². The molecule has 380 valence electrons. The fourth-order valence-electron chi connectivity index (χ4n) is 7.70. The summed E-state index contributed by atoms with van der Waals surface area (Å²) >= 11 is 0. The zero-order chi connectivity index (χ0) is 47.7. The smallest absolute Gasteiger partial charge is 0.306 e. The first-order chi connectivity index (χ1) is 32.6. The second kappa shape index (κ2) is 56.4. The van der Waals surface area contributed by atoms with E-state index in [1.807, 2.05) is 0 Å². The van der Waals surface area contributed by atoms with E-state index in [0.29, 0.717) is 19.4 Å². The average Bonchev–Trinajstić information content (AvgIpc) is 3.32. The van der Waals surface area contributed by atoms with Crippen LogP contribution in [0.5, 0.6) is 0 Å². The van der Waals surface area contributed by atoms with E-state index in [1.54, 1.807) is 0 Å². The van der Waals surface area contributed by atoms with Gasteiger partial charge in [-0.3, -0.25) is 9.59 Å². The predicted molar refractivity (Wildman–Crippen MR) is 288 cm³/mol. The lowest BCUT2D eigenvalue weighted by atomic mass is 10.1. The van der Waals surface area contributed by atoms with Crippen LogP contribution in [-0.2, 0) is 23.8 Å². The highest BCUT2D eigenvalue weighted by atomic mass is 16.6. The number of ether oxygens (including phenoxy) is 3. The van der Waals surface area contributed by atoms with Crippen molar-refractivity contribution in [1.29, 1.82) is 0 Å². The molecule has 5 heteroatoms. The number of hydrogen-bond acceptors (Lipinski definition) is 5. The van der Waals surface area contributed by atoms with Crippen molar-refractivity contribution in [2.75, 3.05) is 19.8 Å². The first-order valence-corrected chi connectivity index (χ1v) is 28.1.